The first-order valence-corrected chi connectivity index (χ1v) is 9.73. The smallest absolute Gasteiger partial charge is 0.258 e. The van der Waals surface area contributed by atoms with Gasteiger partial charge in [-0.2, -0.15) is 0 Å². The van der Waals surface area contributed by atoms with E-state index in [-0.39, 0.29) is 22.2 Å². The van der Waals surface area contributed by atoms with Crippen LogP contribution in [-0.2, 0) is 6.54 Å². The van der Waals surface area contributed by atoms with E-state index in [0.29, 0.717) is 43.2 Å². The number of aromatic nitrogens is 2. The third kappa shape index (κ3) is 3.69. The summed E-state index contributed by atoms with van der Waals surface area (Å²) in [7, 11) is 0. The molecular formula is C18H17ClN4O3S. The number of phenolic OH excluding ortho intramolecular Hbond substituents is 1. The maximum absolute atomic E-state index is 12.6. The summed E-state index contributed by atoms with van der Waals surface area (Å²) in [6.07, 6.45) is 1.72. The second-order valence-corrected chi connectivity index (χ2v) is 7.66. The number of piperazine rings is 1. The molecule has 27 heavy (non-hydrogen) atoms. The van der Waals surface area contributed by atoms with E-state index in [9.17, 15) is 14.7 Å². The Kier molecular flexibility index (Phi) is 4.86. The fourth-order valence-electron chi connectivity index (χ4n) is 3.13. The van der Waals surface area contributed by atoms with Crippen molar-refractivity contribution >= 4 is 33.8 Å². The van der Waals surface area contributed by atoms with Gasteiger partial charge in [-0.05, 0) is 18.2 Å². The van der Waals surface area contributed by atoms with Gasteiger partial charge >= 0.3 is 0 Å². The summed E-state index contributed by atoms with van der Waals surface area (Å²) in [6.45, 7) is 3.14. The predicted molar refractivity (Wildman–Crippen MR) is 104 cm³/mol. The van der Waals surface area contributed by atoms with Crippen molar-refractivity contribution in [1.82, 2.24) is 19.2 Å². The quantitative estimate of drug-likeness (QED) is 0.723. The van der Waals surface area contributed by atoms with Gasteiger partial charge in [0.1, 0.15) is 5.75 Å². The second-order valence-electron chi connectivity index (χ2n) is 6.38. The van der Waals surface area contributed by atoms with Gasteiger partial charge in [0, 0.05) is 55.9 Å². The van der Waals surface area contributed by atoms with E-state index in [0.717, 1.165) is 5.69 Å². The molecule has 1 aromatic carbocycles. The number of carbonyl (C=O) groups excluding carboxylic acids is 1. The normalized spacial score (nSPS) is 15.4. The van der Waals surface area contributed by atoms with Gasteiger partial charge < -0.3 is 10.0 Å². The molecule has 0 bridgehead atoms. The lowest BCUT2D eigenvalue weighted by molar-refractivity contribution is 0.0627. The number of hydrogen-bond donors (Lipinski definition) is 1. The number of thiazole rings is 1. The molecule has 9 heteroatoms. The van der Waals surface area contributed by atoms with Crippen molar-refractivity contribution in [2.24, 2.45) is 0 Å². The molecular weight excluding hydrogens is 388 g/mol. The number of amides is 1. The fraction of sp³-hybridized carbons (Fsp3) is 0.278. The number of nitrogens with zero attached hydrogens (tertiary/aromatic N) is 4. The number of phenols is 1. The monoisotopic (exact) mass is 404 g/mol. The van der Waals surface area contributed by atoms with Gasteiger partial charge in [0.2, 0.25) is 0 Å². The van der Waals surface area contributed by atoms with Crippen LogP contribution in [0.1, 0.15) is 16.1 Å². The summed E-state index contributed by atoms with van der Waals surface area (Å²) < 4.78 is 1.54. The van der Waals surface area contributed by atoms with Crippen LogP contribution in [0.25, 0.3) is 4.96 Å². The third-order valence-electron chi connectivity index (χ3n) is 4.60. The molecule has 1 aliphatic rings. The molecule has 0 spiro atoms. The van der Waals surface area contributed by atoms with Crippen molar-refractivity contribution in [1.29, 1.82) is 0 Å². The van der Waals surface area contributed by atoms with Gasteiger partial charge in [-0.1, -0.05) is 11.6 Å². The van der Waals surface area contributed by atoms with Gasteiger partial charge in [-0.25, -0.2) is 4.98 Å². The van der Waals surface area contributed by atoms with E-state index >= 15 is 0 Å². The number of halogens is 1. The van der Waals surface area contributed by atoms with Gasteiger partial charge in [-0.3, -0.25) is 18.9 Å². The maximum Gasteiger partial charge on any atom is 0.258 e. The molecule has 4 rings (SSSR count). The Hall–Kier alpha value is -2.42. The highest BCUT2D eigenvalue weighted by Gasteiger charge is 2.23. The minimum atomic E-state index is -0.104. The molecule has 0 aliphatic carbocycles. The number of aromatic hydroxyl groups is 1. The maximum atomic E-state index is 12.6. The van der Waals surface area contributed by atoms with E-state index in [1.54, 1.807) is 23.2 Å². The lowest BCUT2D eigenvalue weighted by Crippen LogP contribution is -2.48. The highest BCUT2D eigenvalue weighted by molar-refractivity contribution is 7.15. The zero-order chi connectivity index (χ0) is 19.0. The van der Waals surface area contributed by atoms with Crippen LogP contribution in [0.5, 0.6) is 5.75 Å². The summed E-state index contributed by atoms with van der Waals surface area (Å²) >= 11 is 7.33. The Morgan fingerprint density at radius 2 is 2.00 bits per heavy atom. The Morgan fingerprint density at radius 1 is 1.22 bits per heavy atom. The fourth-order valence-corrected chi connectivity index (χ4v) is 4.05. The van der Waals surface area contributed by atoms with Crippen LogP contribution >= 0.6 is 22.9 Å². The number of carbonyl (C=O) groups is 1. The zero-order valence-electron chi connectivity index (χ0n) is 14.3. The van der Waals surface area contributed by atoms with Gasteiger partial charge in [-0.15, -0.1) is 11.3 Å². The van der Waals surface area contributed by atoms with Gasteiger partial charge in [0.05, 0.1) is 10.7 Å². The molecule has 1 fully saturated rings. The van der Waals surface area contributed by atoms with E-state index in [1.165, 1.54) is 27.9 Å². The summed E-state index contributed by atoms with van der Waals surface area (Å²) in [5.74, 6) is -0.142. The molecule has 2 aromatic heterocycles. The largest absolute Gasteiger partial charge is 0.506 e. The van der Waals surface area contributed by atoms with Crippen LogP contribution in [0, 0.1) is 0 Å². The van der Waals surface area contributed by atoms with E-state index in [4.69, 9.17) is 11.6 Å². The van der Waals surface area contributed by atoms with E-state index < -0.39 is 0 Å². The minimum absolute atomic E-state index is 0.0378. The van der Waals surface area contributed by atoms with Crippen molar-refractivity contribution in [2.75, 3.05) is 26.2 Å². The average Bonchev–Trinajstić information content (AvgIpc) is 3.13. The molecule has 1 N–H and O–H groups in total. The predicted octanol–water partition coefficient (Wildman–Crippen LogP) is 2.07. The van der Waals surface area contributed by atoms with Crippen LogP contribution in [-0.4, -0.2) is 56.4 Å². The molecule has 0 saturated carbocycles. The van der Waals surface area contributed by atoms with Gasteiger partial charge in [0.15, 0.2) is 4.96 Å². The first kappa shape index (κ1) is 18.0. The SMILES string of the molecule is O=C(c1ccc(O)c(Cl)c1)N1CCN(Cc2cc(=O)n3ccsc3n2)CC1. The molecule has 1 aliphatic heterocycles. The van der Waals surface area contributed by atoms with Gasteiger partial charge in [0.25, 0.3) is 11.5 Å². The Labute approximate surface area is 164 Å². The van der Waals surface area contributed by atoms with E-state index in [2.05, 4.69) is 9.88 Å². The first-order chi connectivity index (χ1) is 13.0. The van der Waals surface area contributed by atoms with Crippen molar-refractivity contribution in [3.05, 3.63) is 62.5 Å². The lowest BCUT2D eigenvalue weighted by atomic mass is 10.1. The molecule has 7 nitrogen and oxygen atoms in total. The summed E-state index contributed by atoms with van der Waals surface area (Å²) in [6, 6.07) is 6.05. The number of benzene rings is 1. The number of fused-ring (bicyclic) bond motifs is 1. The molecule has 140 valence electrons. The summed E-state index contributed by atoms with van der Waals surface area (Å²) in [5.41, 5.74) is 1.13. The average molecular weight is 405 g/mol. The van der Waals surface area contributed by atoms with Crippen LogP contribution in [0.4, 0.5) is 0 Å². The second kappa shape index (κ2) is 7.30. The van der Waals surface area contributed by atoms with Crippen molar-refractivity contribution in [3.8, 4) is 5.75 Å². The highest BCUT2D eigenvalue weighted by atomic mass is 35.5. The molecule has 0 radical (unpaired) electrons. The topological polar surface area (TPSA) is 78.2 Å². The number of rotatable bonds is 3. The van der Waals surface area contributed by atoms with Crippen molar-refractivity contribution in [3.63, 3.8) is 0 Å². The molecule has 0 unspecified atom stereocenters. The Morgan fingerprint density at radius 3 is 2.74 bits per heavy atom. The van der Waals surface area contributed by atoms with Crippen LogP contribution in [0.15, 0.2) is 40.6 Å². The first-order valence-electron chi connectivity index (χ1n) is 8.47. The van der Waals surface area contributed by atoms with Crippen LogP contribution in [0.3, 0.4) is 0 Å². The van der Waals surface area contributed by atoms with Crippen molar-refractivity contribution < 1.29 is 9.90 Å². The lowest BCUT2D eigenvalue weighted by Gasteiger charge is -2.34. The third-order valence-corrected chi connectivity index (χ3v) is 5.66. The van der Waals surface area contributed by atoms with Crippen molar-refractivity contribution in [2.45, 2.75) is 6.54 Å². The molecule has 1 amide bonds. The minimum Gasteiger partial charge on any atom is -0.506 e. The van der Waals surface area contributed by atoms with Crippen LogP contribution in [0.2, 0.25) is 5.02 Å². The summed E-state index contributed by atoms with van der Waals surface area (Å²) in [5, 5.41) is 11.5. The molecule has 0 atom stereocenters. The Bertz CT molecular complexity index is 1060. The van der Waals surface area contributed by atoms with E-state index in [1.807, 2.05) is 5.38 Å². The molecule has 1 saturated heterocycles. The molecule has 3 aromatic rings. The standard InChI is InChI=1S/C18H17ClN4O3S/c19-14-9-12(1-2-15(14)24)17(26)22-5-3-21(4-6-22)11-13-10-16(25)23-7-8-27-18(23)20-13/h1-2,7-10,24H,3-6,11H2. The van der Waals surface area contributed by atoms with Crippen LogP contribution < -0.4 is 5.56 Å². The zero-order valence-corrected chi connectivity index (χ0v) is 15.9. The summed E-state index contributed by atoms with van der Waals surface area (Å²) in [4.78, 5) is 33.9. The highest BCUT2D eigenvalue weighted by Crippen LogP contribution is 2.24. The molecule has 3 heterocycles. The Balaban J connectivity index is 1.40. The number of hydrogen-bond acceptors (Lipinski definition) is 6.